The van der Waals surface area contributed by atoms with E-state index in [1.54, 1.807) is 54.6 Å². The molecule has 1 amide bonds. The molecule has 0 saturated heterocycles. The van der Waals surface area contributed by atoms with Gasteiger partial charge in [0.05, 0.1) is 5.56 Å². The molecular formula is C17H12N2O3. The first-order valence-corrected chi connectivity index (χ1v) is 6.39. The molecule has 0 radical (unpaired) electrons. The summed E-state index contributed by atoms with van der Waals surface area (Å²) in [6.07, 6.45) is 1.37. The SMILES string of the molecule is N#CC(=Cc1ccc(OC(=O)c2ccccc2)cc1)C(N)=O. The summed E-state index contributed by atoms with van der Waals surface area (Å²) in [6, 6.07) is 16.7. The van der Waals surface area contributed by atoms with Gasteiger partial charge in [0.1, 0.15) is 17.4 Å². The molecule has 5 nitrogen and oxygen atoms in total. The number of primary amides is 1. The van der Waals surface area contributed by atoms with Crippen LogP contribution in [0.4, 0.5) is 0 Å². The van der Waals surface area contributed by atoms with E-state index in [-0.39, 0.29) is 5.57 Å². The maximum atomic E-state index is 11.9. The van der Waals surface area contributed by atoms with Crippen LogP contribution in [-0.2, 0) is 4.79 Å². The molecule has 0 bridgehead atoms. The van der Waals surface area contributed by atoms with Crippen LogP contribution in [0.15, 0.2) is 60.2 Å². The monoisotopic (exact) mass is 292 g/mol. The topological polar surface area (TPSA) is 93.2 Å². The first kappa shape index (κ1) is 15.0. The number of rotatable bonds is 4. The third-order valence-electron chi connectivity index (χ3n) is 2.80. The molecule has 0 aliphatic heterocycles. The molecule has 22 heavy (non-hydrogen) atoms. The average Bonchev–Trinajstić information content (AvgIpc) is 2.54. The van der Waals surface area contributed by atoms with E-state index in [0.29, 0.717) is 16.9 Å². The van der Waals surface area contributed by atoms with Crippen molar-refractivity contribution in [2.75, 3.05) is 0 Å². The fourth-order valence-corrected chi connectivity index (χ4v) is 1.70. The molecule has 2 aromatic rings. The zero-order valence-electron chi connectivity index (χ0n) is 11.5. The summed E-state index contributed by atoms with van der Waals surface area (Å²) in [7, 11) is 0. The van der Waals surface area contributed by atoms with Gasteiger partial charge < -0.3 is 10.5 Å². The lowest BCUT2D eigenvalue weighted by molar-refractivity contribution is -0.114. The Morgan fingerprint density at radius 1 is 1.05 bits per heavy atom. The summed E-state index contributed by atoms with van der Waals surface area (Å²) < 4.78 is 5.22. The fourth-order valence-electron chi connectivity index (χ4n) is 1.70. The highest BCUT2D eigenvalue weighted by Crippen LogP contribution is 2.16. The predicted octanol–water partition coefficient (Wildman–Crippen LogP) is 2.30. The van der Waals surface area contributed by atoms with Gasteiger partial charge in [-0.3, -0.25) is 4.79 Å². The smallest absolute Gasteiger partial charge is 0.343 e. The van der Waals surface area contributed by atoms with E-state index < -0.39 is 11.9 Å². The largest absolute Gasteiger partial charge is 0.423 e. The highest BCUT2D eigenvalue weighted by Gasteiger charge is 2.08. The molecule has 0 atom stereocenters. The van der Waals surface area contributed by atoms with Gasteiger partial charge in [-0.15, -0.1) is 0 Å². The standard InChI is InChI=1S/C17H12N2O3/c18-11-14(16(19)20)10-12-6-8-15(9-7-12)22-17(21)13-4-2-1-3-5-13/h1-10H,(H2,19,20). The number of amides is 1. The Bertz CT molecular complexity index is 757. The zero-order chi connectivity index (χ0) is 15.9. The van der Waals surface area contributed by atoms with Gasteiger partial charge in [0.25, 0.3) is 5.91 Å². The molecule has 0 aliphatic rings. The van der Waals surface area contributed by atoms with Crippen molar-refractivity contribution in [2.45, 2.75) is 0 Å². The summed E-state index contributed by atoms with van der Waals surface area (Å²) in [6.45, 7) is 0. The van der Waals surface area contributed by atoms with Crippen molar-refractivity contribution in [1.82, 2.24) is 0 Å². The zero-order valence-corrected chi connectivity index (χ0v) is 11.5. The van der Waals surface area contributed by atoms with Crippen molar-refractivity contribution in [1.29, 1.82) is 5.26 Å². The van der Waals surface area contributed by atoms with E-state index in [1.807, 2.05) is 6.07 Å². The Labute approximate surface area is 127 Å². The number of hydrogen-bond acceptors (Lipinski definition) is 4. The van der Waals surface area contributed by atoms with Crippen LogP contribution in [0.5, 0.6) is 5.75 Å². The second-order valence-electron chi connectivity index (χ2n) is 4.36. The molecule has 0 fully saturated rings. The third kappa shape index (κ3) is 3.81. The molecule has 0 heterocycles. The van der Waals surface area contributed by atoms with Crippen LogP contribution in [0, 0.1) is 11.3 Å². The van der Waals surface area contributed by atoms with Crippen LogP contribution in [0.3, 0.4) is 0 Å². The Hall–Kier alpha value is -3.39. The number of carbonyl (C=O) groups is 2. The highest BCUT2D eigenvalue weighted by atomic mass is 16.5. The molecule has 5 heteroatoms. The van der Waals surface area contributed by atoms with Crippen LogP contribution in [0.25, 0.3) is 6.08 Å². The summed E-state index contributed by atoms with van der Waals surface area (Å²) in [5.74, 6) is -0.885. The molecule has 0 spiro atoms. The van der Waals surface area contributed by atoms with Gasteiger partial charge >= 0.3 is 5.97 Å². The number of ether oxygens (including phenoxy) is 1. The van der Waals surface area contributed by atoms with Gasteiger partial charge in [-0.05, 0) is 35.9 Å². The van der Waals surface area contributed by atoms with E-state index in [9.17, 15) is 9.59 Å². The third-order valence-corrected chi connectivity index (χ3v) is 2.80. The van der Waals surface area contributed by atoms with E-state index in [0.717, 1.165) is 0 Å². The predicted molar refractivity (Wildman–Crippen MR) is 80.6 cm³/mol. The van der Waals surface area contributed by atoms with Gasteiger partial charge in [0, 0.05) is 0 Å². The number of esters is 1. The van der Waals surface area contributed by atoms with Crippen molar-refractivity contribution >= 4 is 18.0 Å². The van der Waals surface area contributed by atoms with Crippen molar-refractivity contribution in [3.63, 3.8) is 0 Å². The molecule has 2 aromatic carbocycles. The molecular weight excluding hydrogens is 280 g/mol. The van der Waals surface area contributed by atoms with Crippen LogP contribution in [0.1, 0.15) is 15.9 Å². The average molecular weight is 292 g/mol. The lowest BCUT2D eigenvalue weighted by Crippen LogP contribution is -2.12. The van der Waals surface area contributed by atoms with E-state index in [1.165, 1.54) is 6.08 Å². The van der Waals surface area contributed by atoms with Crippen LogP contribution < -0.4 is 10.5 Å². The Balaban J connectivity index is 2.12. The number of carbonyl (C=O) groups excluding carboxylic acids is 2. The Kier molecular flexibility index (Phi) is 4.68. The second kappa shape index (κ2) is 6.86. The summed E-state index contributed by atoms with van der Waals surface area (Å²) in [5.41, 5.74) is 5.97. The van der Waals surface area contributed by atoms with E-state index >= 15 is 0 Å². The molecule has 0 unspecified atom stereocenters. The maximum absolute atomic E-state index is 11.9. The van der Waals surface area contributed by atoms with Crippen LogP contribution in [0.2, 0.25) is 0 Å². The van der Waals surface area contributed by atoms with Crippen molar-refractivity contribution in [3.05, 3.63) is 71.3 Å². The number of nitrogens with two attached hydrogens (primary N) is 1. The minimum absolute atomic E-state index is 0.144. The lowest BCUT2D eigenvalue weighted by Gasteiger charge is -2.04. The Morgan fingerprint density at radius 3 is 2.23 bits per heavy atom. The fraction of sp³-hybridized carbons (Fsp3) is 0. The van der Waals surface area contributed by atoms with Crippen molar-refractivity contribution in [3.8, 4) is 11.8 Å². The minimum atomic E-state index is -0.790. The van der Waals surface area contributed by atoms with Crippen molar-refractivity contribution < 1.29 is 14.3 Å². The summed E-state index contributed by atoms with van der Waals surface area (Å²) in [4.78, 5) is 22.8. The molecule has 0 saturated carbocycles. The van der Waals surface area contributed by atoms with Gasteiger partial charge in [-0.1, -0.05) is 30.3 Å². The molecule has 0 aromatic heterocycles. The van der Waals surface area contributed by atoms with Crippen LogP contribution in [-0.4, -0.2) is 11.9 Å². The maximum Gasteiger partial charge on any atom is 0.343 e. The van der Waals surface area contributed by atoms with Gasteiger partial charge in [-0.25, -0.2) is 4.79 Å². The van der Waals surface area contributed by atoms with Gasteiger partial charge in [0.2, 0.25) is 0 Å². The second-order valence-corrected chi connectivity index (χ2v) is 4.36. The number of hydrogen-bond donors (Lipinski definition) is 1. The van der Waals surface area contributed by atoms with Gasteiger partial charge in [0.15, 0.2) is 0 Å². The normalized spacial score (nSPS) is 10.6. The first-order valence-electron chi connectivity index (χ1n) is 6.39. The van der Waals surface area contributed by atoms with Crippen LogP contribution >= 0.6 is 0 Å². The molecule has 108 valence electrons. The van der Waals surface area contributed by atoms with Crippen molar-refractivity contribution in [2.24, 2.45) is 5.73 Å². The molecule has 2 N–H and O–H groups in total. The first-order chi connectivity index (χ1) is 10.6. The summed E-state index contributed by atoms with van der Waals surface area (Å²) >= 11 is 0. The molecule has 0 aliphatic carbocycles. The number of nitrogens with zero attached hydrogens (tertiary/aromatic N) is 1. The minimum Gasteiger partial charge on any atom is -0.423 e. The van der Waals surface area contributed by atoms with E-state index in [4.69, 9.17) is 15.7 Å². The summed E-state index contributed by atoms with van der Waals surface area (Å²) in [5, 5.41) is 8.77. The quantitative estimate of drug-likeness (QED) is 0.405. The lowest BCUT2D eigenvalue weighted by atomic mass is 10.1. The number of nitriles is 1. The molecule has 2 rings (SSSR count). The van der Waals surface area contributed by atoms with E-state index in [2.05, 4.69) is 0 Å². The highest BCUT2D eigenvalue weighted by molar-refractivity contribution is 6.00. The van der Waals surface area contributed by atoms with Gasteiger partial charge in [-0.2, -0.15) is 5.26 Å². The Morgan fingerprint density at radius 2 is 1.68 bits per heavy atom. The number of benzene rings is 2.